The third kappa shape index (κ3) is 4.96. The van der Waals surface area contributed by atoms with Crippen molar-refractivity contribution >= 4 is 0 Å². The fourth-order valence-corrected chi connectivity index (χ4v) is 2.37. The number of benzene rings is 1. The Hall–Kier alpha value is -0.860. The van der Waals surface area contributed by atoms with Crippen LogP contribution in [0.25, 0.3) is 0 Å². The van der Waals surface area contributed by atoms with Crippen LogP contribution in [0.3, 0.4) is 0 Å². The molecule has 1 aliphatic carbocycles. The van der Waals surface area contributed by atoms with Crippen molar-refractivity contribution in [3.05, 3.63) is 35.4 Å². The Balaban J connectivity index is 1.78. The van der Waals surface area contributed by atoms with Gasteiger partial charge in [-0.1, -0.05) is 43.7 Å². The molecule has 0 spiro atoms. The summed E-state index contributed by atoms with van der Waals surface area (Å²) in [4.78, 5) is 0. The average molecular weight is 261 g/mol. The smallest absolute Gasteiger partial charge is 0.0591 e. The number of ether oxygens (including phenoxy) is 1. The number of rotatable bonds is 8. The molecule has 1 N–H and O–H groups in total. The molecule has 2 rings (SSSR count). The summed E-state index contributed by atoms with van der Waals surface area (Å²) < 4.78 is 5.64. The van der Waals surface area contributed by atoms with Gasteiger partial charge in [0.2, 0.25) is 0 Å². The van der Waals surface area contributed by atoms with Crippen molar-refractivity contribution in [1.82, 2.24) is 5.32 Å². The summed E-state index contributed by atoms with van der Waals surface area (Å²) in [6.45, 7) is 9.14. The quantitative estimate of drug-likeness (QED) is 0.720. The van der Waals surface area contributed by atoms with Crippen molar-refractivity contribution in [2.75, 3.05) is 19.8 Å². The third-order valence-electron chi connectivity index (χ3n) is 3.59. The molecule has 1 atom stereocenters. The molecular formula is C17H27NO. The van der Waals surface area contributed by atoms with Gasteiger partial charge >= 0.3 is 0 Å². The van der Waals surface area contributed by atoms with Crippen molar-refractivity contribution in [2.45, 2.75) is 39.7 Å². The minimum Gasteiger partial charge on any atom is -0.380 e. The zero-order valence-electron chi connectivity index (χ0n) is 12.5. The Morgan fingerprint density at radius 2 is 1.89 bits per heavy atom. The highest BCUT2D eigenvalue weighted by atomic mass is 16.5. The number of hydrogen-bond acceptors (Lipinski definition) is 2. The molecule has 1 aromatic carbocycles. The first kappa shape index (κ1) is 14.5. The normalized spacial score (nSPS) is 16.8. The number of nitrogens with one attached hydrogen (secondary N) is 1. The van der Waals surface area contributed by atoms with Crippen LogP contribution in [0.15, 0.2) is 24.3 Å². The maximum absolute atomic E-state index is 5.64. The van der Waals surface area contributed by atoms with Gasteiger partial charge < -0.3 is 10.1 Å². The Morgan fingerprint density at radius 1 is 1.21 bits per heavy atom. The van der Waals surface area contributed by atoms with Gasteiger partial charge in [-0.15, -0.1) is 0 Å². The lowest BCUT2D eigenvalue weighted by Crippen LogP contribution is -2.27. The second-order valence-electron chi connectivity index (χ2n) is 6.15. The molecule has 0 heterocycles. The predicted octanol–water partition coefficient (Wildman–Crippen LogP) is 3.71. The molecule has 1 aliphatic rings. The van der Waals surface area contributed by atoms with Crippen LogP contribution in [0.4, 0.5) is 0 Å². The van der Waals surface area contributed by atoms with E-state index in [4.69, 9.17) is 4.74 Å². The van der Waals surface area contributed by atoms with Crippen LogP contribution >= 0.6 is 0 Å². The van der Waals surface area contributed by atoms with E-state index in [-0.39, 0.29) is 0 Å². The molecule has 0 bridgehead atoms. The molecule has 2 nitrogen and oxygen atoms in total. The van der Waals surface area contributed by atoms with E-state index in [1.54, 1.807) is 0 Å². The van der Waals surface area contributed by atoms with Crippen molar-refractivity contribution < 1.29 is 4.74 Å². The summed E-state index contributed by atoms with van der Waals surface area (Å²) in [7, 11) is 0. The van der Waals surface area contributed by atoms with Crippen molar-refractivity contribution in [2.24, 2.45) is 11.8 Å². The van der Waals surface area contributed by atoms with Gasteiger partial charge in [-0.05, 0) is 37.2 Å². The SMILES string of the molecule is Cc1ccc(C(NCCOCC(C)C)C2CC2)cc1. The fourth-order valence-electron chi connectivity index (χ4n) is 2.37. The maximum atomic E-state index is 5.64. The van der Waals surface area contributed by atoms with E-state index < -0.39 is 0 Å². The summed E-state index contributed by atoms with van der Waals surface area (Å²) in [5.41, 5.74) is 2.76. The summed E-state index contributed by atoms with van der Waals surface area (Å²) in [5, 5.41) is 3.67. The minimum absolute atomic E-state index is 0.517. The molecule has 0 amide bonds. The van der Waals surface area contributed by atoms with Crippen molar-refractivity contribution in [1.29, 1.82) is 0 Å². The molecule has 1 aromatic rings. The zero-order valence-corrected chi connectivity index (χ0v) is 12.5. The first-order chi connectivity index (χ1) is 9.16. The summed E-state index contributed by atoms with van der Waals surface area (Å²) in [6.07, 6.45) is 2.72. The summed E-state index contributed by atoms with van der Waals surface area (Å²) >= 11 is 0. The Bertz CT molecular complexity index is 367. The van der Waals surface area contributed by atoms with Crippen LogP contribution < -0.4 is 5.32 Å². The first-order valence-electron chi connectivity index (χ1n) is 7.54. The standard InChI is InChI=1S/C17H27NO/c1-13(2)12-19-11-10-18-17(16-8-9-16)15-6-4-14(3)5-7-15/h4-7,13,16-18H,8-12H2,1-3H3. The zero-order chi connectivity index (χ0) is 13.7. The van der Waals surface area contributed by atoms with Crippen LogP contribution in [0.1, 0.15) is 43.9 Å². The number of aryl methyl sites for hydroxylation is 1. The highest BCUT2D eigenvalue weighted by molar-refractivity contribution is 5.25. The van der Waals surface area contributed by atoms with Gasteiger partial charge in [-0.2, -0.15) is 0 Å². The molecular weight excluding hydrogens is 234 g/mol. The topological polar surface area (TPSA) is 21.3 Å². The van der Waals surface area contributed by atoms with E-state index in [1.807, 2.05) is 0 Å². The first-order valence-corrected chi connectivity index (χ1v) is 7.54. The highest BCUT2D eigenvalue weighted by Gasteiger charge is 2.31. The predicted molar refractivity (Wildman–Crippen MR) is 80.3 cm³/mol. The van der Waals surface area contributed by atoms with Crippen LogP contribution in [-0.4, -0.2) is 19.8 Å². The lowest BCUT2D eigenvalue weighted by atomic mass is 10.0. The van der Waals surface area contributed by atoms with Crippen LogP contribution in [0, 0.1) is 18.8 Å². The molecule has 0 aromatic heterocycles. The van der Waals surface area contributed by atoms with E-state index in [0.717, 1.165) is 25.7 Å². The molecule has 0 radical (unpaired) electrons. The van der Waals surface area contributed by atoms with Crippen molar-refractivity contribution in [3.63, 3.8) is 0 Å². The summed E-state index contributed by atoms with van der Waals surface area (Å²) in [5.74, 6) is 1.45. The molecule has 1 unspecified atom stereocenters. The van der Waals surface area contributed by atoms with Crippen molar-refractivity contribution in [3.8, 4) is 0 Å². The number of hydrogen-bond donors (Lipinski definition) is 1. The molecule has 1 saturated carbocycles. The largest absolute Gasteiger partial charge is 0.380 e. The second-order valence-corrected chi connectivity index (χ2v) is 6.15. The molecule has 2 heteroatoms. The van der Waals surface area contributed by atoms with Gasteiger partial charge in [-0.25, -0.2) is 0 Å². The molecule has 1 fully saturated rings. The Kier molecular flexibility index (Phi) is 5.41. The third-order valence-corrected chi connectivity index (χ3v) is 3.59. The van der Waals surface area contributed by atoms with E-state index in [0.29, 0.717) is 12.0 Å². The van der Waals surface area contributed by atoms with Gasteiger partial charge in [0.05, 0.1) is 6.61 Å². The Morgan fingerprint density at radius 3 is 2.47 bits per heavy atom. The van der Waals surface area contributed by atoms with Gasteiger partial charge in [0.15, 0.2) is 0 Å². The van der Waals surface area contributed by atoms with Gasteiger partial charge in [0.1, 0.15) is 0 Å². The van der Waals surface area contributed by atoms with E-state index >= 15 is 0 Å². The van der Waals surface area contributed by atoms with Gasteiger partial charge in [-0.3, -0.25) is 0 Å². The fraction of sp³-hybridized carbons (Fsp3) is 0.647. The van der Waals surface area contributed by atoms with Crippen LogP contribution in [-0.2, 0) is 4.74 Å². The lowest BCUT2D eigenvalue weighted by Gasteiger charge is -2.19. The highest BCUT2D eigenvalue weighted by Crippen LogP contribution is 2.40. The van der Waals surface area contributed by atoms with E-state index in [9.17, 15) is 0 Å². The minimum atomic E-state index is 0.517. The Labute approximate surface area is 117 Å². The average Bonchev–Trinajstić information content (AvgIpc) is 3.19. The lowest BCUT2D eigenvalue weighted by molar-refractivity contribution is 0.109. The molecule has 19 heavy (non-hydrogen) atoms. The van der Waals surface area contributed by atoms with E-state index in [1.165, 1.54) is 24.0 Å². The summed E-state index contributed by atoms with van der Waals surface area (Å²) in [6, 6.07) is 9.47. The van der Waals surface area contributed by atoms with Gasteiger partial charge in [0.25, 0.3) is 0 Å². The van der Waals surface area contributed by atoms with Gasteiger partial charge in [0, 0.05) is 19.2 Å². The maximum Gasteiger partial charge on any atom is 0.0591 e. The molecule has 106 valence electrons. The molecule has 0 saturated heterocycles. The van der Waals surface area contributed by atoms with Crippen LogP contribution in [0.2, 0.25) is 0 Å². The monoisotopic (exact) mass is 261 g/mol. The van der Waals surface area contributed by atoms with E-state index in [2.05, 4.69) is 50.4 Å². The second kappa shape index (κ2) is 7.06. The van der Waals surface area contributed by atoms with Crippen LogP contribution in [0.5, 0.6) is 0 Å². The molecule has 0 aliphatic heterocycles.